The molecule has 0 aliphatic heterocycles. The van der Waals surface area contributed by atoms with Gasteiger partial charge in [0.15, 0.2) is 0 Å². The van der Waals surface area contributed by atoms with Crippen molar-refractivity contribution in [3.05, 3.63) is 40.8 Å². The first-order valence-electron chi connectivity index (χ1n) is 4.99. The molecule has 6 heteroatoms. The van der Waals surface area contributed by atoms with Crippen molar-refractivity contribution in [3.63, 3.8) is 0 Å². The summed E-state index contributed by atoms with van der Waals surface area (Å²) < 4.78 is 1.42. The van der Waals surface area contributed by atoms with Crippen molar-refractivity contribution in [3.8, 4) is 0 Å². The molecule has 1 N–H and O–H groups in total. The fourth-order valence-corrected chi connectivity index (χ4v) is 1.64. The van der Waals surface area contributed by atoms with Gasteiger partial charge >= 0.3 is 0 Å². The number of carbonyl (C=O) groups is 1. The van der Waals surface area contributed by atoms with Crippen molar-refractivity contribution in [1.29, 1.82) is 0 Å². The Bertz CT molecular complexity index is 528. The number of pyridine rings is 1. The molecule has 0 radical (unpaired) electrons. The zero-order valence-corrected chi connectivity index (χ0v) is 10.2. The van der Waals surface area contributed by atoms with E-state index >= 15 is 0 Å². The molecule has 0 spiro atoms. The van der Waals surface area contributed by atoms with Gasteiger partial charge in [0.2, 0.25) is 0 Å². The van der Waals surface area contributed by atoms with E-state index in [0.29, 0.717) is 16.5 Å². The molecule has 2 aromatic heterocycles. The highest BCUT2D eigenvalue weighted by Crippen LogP contribution is 2.15. The highest BCUT2D eigenvalue weighted by atomic mass is 35.5. The second kappa shape index (κ2) is 4.55. The largest absolute Gasteiger partial charge is 0.305 e. The van der Waals surface area contributed by atoms with E-state index in [4.69, 9.17) is 11.6 Å². The lowest BCUT2D eigenvalue weighted by atomic mass is 10.3. The summed E-state index contributed by atoms with van der Waals surface area (Å²) in [4.78, 5) is 16.0. The van der Waals surface area contributed by atoms with E-state index in [2.05, 4.69) is 15.4 Å². The first-order chi connectivity index (χ1) is 8.08. The van der Waals surface area contributed by atoms with Gasteiger partial charge in [-0.05, 0) is 18.6 Å². The summed E-state index contributed by atoms with van der Waals surface area (Å²) in [6.07, 6.45) is 3.11. The predicted molar refractivity (Wildman–Crippen MR) is 65.1 cm³/mol. The molecule has 0 bridgehead atoms. The van der Waals surface area contributed by atoms with Gasteiger partial charge in [0.1, 0.15) is 11.5 Å². The van der Waals surface area contributed by atoms with Gasteiger partial charge in [-0.25, -0.2) is 4.98 Å². The summed E-state index contributed by atoms with van der Waals surface area (Å²) in [6, 6.07) is 3.60. The van der Waals surface area contributed by atoms with Crippen LogP contribution in [0.3, 0.4) is 0 Å². The zero-order chi connectivity index (χ0) is 12.4. The van der Waals surface area contributed by atoms with Crippen LogP contribution < -0.4 is 5.32 Å². The van der Waals surface area contributed by atoms with Crippen molar-refractivity contribution in [2.24, 2.45) is 7.05 Å². The Morgan fingerprint density at radius 1 is 1.41 bits per heavy atom. The number of nitrogens with one attached hydrogen (secondary N) is 1. The first kappa shape index (κ1) is 11.6. The van der Waals surface area contributed by atoms with Gasteiger partial charge in [0.05, 0.1) is 11.2 Å². The molecule has 0 aliphatic carbocycles. The minimum atomic E-state index is -0.327. The average molecular weight is 251 g/mol. The van der Waals surface area contributed by atoms with Crippen LogP contribution in [-0.2, 0) is 7.05 Å². The molecule has 1 amide bonds. The number of rotatable bonds is 2. The molecule has 0 aromatic carbocycles. The number of amides is 1. The molecule has 0 aliphatic rings. The SMILES string of the molecule is Cc1ccc(NC(=O)c2c(Cl)cnn2C)nc1. The van der Waals surface area contributed by atoms with E-state index in [9.17, 15) is 4.79 Å². The Hall–Kier alpha value is -1.88. The molecule has 0 saturated heterocycles. The maximum Gasteiger partial charge on any atom is 0.276 e. The smallest absolute Gasteiger partial charge is 0.276 e. The molecule has 0 unspecified atom stereocenters. The van der Waals surface area contributed by atoms with Crippen LogP contribution in [-0.4, -0.2) is 20.7 Å². The Labute approximate surface area is 103 Å². The summed E-state index contributed by atoms with van der Waals surface area (Å²) in [7, 11) is 1.66. The van der Waals surface area contributed by atoms with Crippen LogP contribution in [0, 0.1) is 6.92 Å². The molecule has 0 atom stereocenters. The molecule has 0 fully saturated rings. The standard InChI is InChI=1S/C11H11ClN4O/c1-7-3-4-9(13-5-7)15-11(17)10-8(12)6-14-16(10)2/h3-6H,1-2H3,(H,13,15,17). The van der Waals surface area contributed by atoms with Crippen molar-refractivity contribution in [2.45, 2.75) is 6.92 Å². The summed E-state index contributed by atoms with van der Waals surface area (Å²) in [5.41, 5.74) is 1.34. The van der Waals surface area contributed by atoms with Crippen molar-refractivity contribution >= 4 is 23.3 Å². The molecule has 2 heterocycles. The zero-order valence-electron chi connectivity index (χ0n) is 9.44. The second-order valence-electron chi connectivity index (χ2n) is 3.64. The number of aromatic nitrogens is 3. The minimum Gasteiger partial charge on any atom is -0.305 e. The van der Waals surface area contributed by atoms with Gasteiger partial charge in [-0.1, -0.05) is 17.7 Å². The van der Waals surface area contributed by atoms with Crippen LogP contribution in [0.5, 0.6) is 0 Å². The van der Waals surface area contributed by atoms with Crippen molar-refractivity contribution < 1.29 is 4.79 Å². The number of halogens is 1. The Morgan fingerprint density at radius 3 is 2.71 bits per heavy atom. The summed E-state index contributed by atoms with van der Waals surface area (Å²) in [5.74, 6) is 0.157. The lowest BCUT2D eigenvalue weighted by molar-refractivity contribution is 0.101. The Balaban J connectivity index is 2.20. The van der Waals surface area contributed by atoms with Gasteiger partial charge in [-0.2, -0.15) is 5.10 Å². The molecule has 5 nitrogen and oxygen atoms in total. The van der Waals surface area contributed by atoms with E-state index in [1.807, 2.05) is 13.0 Å². The molecule has 88 valence electrons. The first-order valence-corrected chi connectivity index (χ1v) is 5.37. The number of nitrogens with zero attached hydrogens (tertiary/aromatic N) is 3. The van der Waals surface area contributed by atoms with E-state index in [1.54, 1.807) is 19.3 Å². The third-order valence-electron chi connectivity index (χ3n) is 2.26. The highest BCUT2D eigenvalue weighted by molar-refractivity contribution is 6.34. The van der Waals surface area contributed by atoms with Crippen LogP contribution in [0.4, 0.5) is 5.82 Å². The van der Waals surface area contributed by atoms with Crippen LogP contribution in [0.25, 0.3) is 0 Å². The van der Waals surface area contributed by atoms with E-state index < -0.39 is 0 Å². The van der Waals surface area contributed by atoms with Gasteiger partial charge in [-0.3, -0.25) is 9.48 Å². The highest BCUT2D eigenvalue weighted by Gasteiger charge is 2.15. The van der Waals surface area contributed by atoms with E-state index in [0.717, 1.165) is 5.56 Å². The summed E-state index contributed by atoms with van der Waals surface area (Å²) >= 11 is 5.87. The number of hydrogen-bond acceptors (Lipinski definition) is 3. The second-order valence-corrected chi connectivity index (χ2v) is 4.05. The topological polar surface area (TPSA) is 59.8 Å². The molecular weight excluding hydrogens is 240 g/mol. The lowest BCUT2D eigenvalue weighted by Crippen LogP contribution is -2.17. The van der Waals surface area contributed by atoms with E-state index in [1.165, 1.54) is 10.9 Å². The molecule has 2 aromatic rings. The molecule has 2 rings (SSSR count). The van der Waals surface area contributed by atoms with Gasteiger partial charge in [-0.15, -0.1) is 0 Å². The summed E-state index contributed by atoms with van der Waals surface area (Å²) in [6.45, 7) is 1.93. The van der Waals surface area contributed by atoms with Gasteiger partial charge in [0, 0.05) is 13.2 Å². The molecular formula is C11H11ClN4O. The van der Waals surface area contributed by atoms with Gasteiger partial charge < -0.3 is 5.32 Å². The normalized spacial score (nSPS) is 10.3. The number of carbonyl (C=O) groups excluding carboxylic acids is 1. The predicted octanol–water partition coefficient (Wildman–Crippen LogP) is 2.03. The number of anilines is 1. The third kappa shape index (κ3) is 2.45. The van der Waals surface area contributed by atoms with Crippen molar-refractivity contribution in [2.75, 3.05) is 5.32 Å². The Kier molecular flexibility index (Phi) is 3.10. The maximum absolute atomic E-state index is 11.9. The molecule has 0 saturated carbocycles. The lowest BCUT2D eigenvalue weighted by Gasteiger charge is -2.05. The number of aryl methyl sites for hydroxylation is 2. The fraction of sp³-hybridized carbons (Fsp3) is 0.182. The fourth-order valence-electron chi connectivity index (χ4n) is 1.38. The average Bonchev–Trinajstić information content (AvgIpc) is 2.62. The Morgan fingerprint density at radius 2 is 2.18 bits per heavy atom. The van der Waals surface area contributed by atoms with Crippen LogP contribution >= 0.6 is 11.6 Å². The van der Waals surface area contributed by atoms with Crippen LogP contribution in [0.2, 0.25) is 5.02 Å². The third-order valence-corrected chi connectivity index (χ3v) is 2.54. The van der Waals surface area contributed by atoms with Crippen molar-refractivity contribution in [1.82, 2.24) is 14.8 Å². The monoisotopic (exact) mass is 250 g/mol. The van der Waals surface area contributed by atoms with Crippen LogP contribution in [0.1, 0.15) is 16.1 Å². The minimum absolute atomic E-state index is 0.314. The van der Waals surface area contributed by atoms with Crippen LogP contribution in [0.15, 0.2) is 24.5 Å². The maximum atomic E-state index is 11.9. The quantitative estimate of drug-likeness (QED) is 0.887. The summed E-state index contributed by atoms with van der Waals surface area (Å²) in [5, 5.41) is 6.87. The molecule has 17 heavy (non-hydrogen) atoms. The number of hydrogen-bond donors (Lipinski definition) is 1. The van der Waals surface area contributed by atoms with Gasteiger partial charge in [0.25, 0.3) is 5.91 Å². The van der Waals surface area contributed by atoms with E-state index in [-0.39, 0.29) is 5.91 Å².